The second-order valence-electron chi connectivity index (χ2n) is 27.4. The van der Waals surface area contributed by atoms with Crippen LogP contribution in [0.5, 0.6) is 0 Å². The number of carbonyl (C=O) groups excluding carboxylic acids is 4. The van der Waals surface area contributed by atoms with Crippen molar-refractivity contribution < 1.29 is 80.2 Å². The molecule has 5 unspecified atom stereocenters. The molecule has 0 radical (unpaired) electrons. The summed E-state index contributed by atoms with van der Waals surface area (Å²) in [5.41, 5.74) is 0. The third kappa shape index (κ3) is 63.9. The monoisotopic (exact) mass is 1340 g/mol. The molecule has 0 aliphatic heterocycles. The fourth-order valence-corrected chi connectivity index (χ4v) is 12.4. The fourth-order valence-electron chi connectivity index (χ4n) is 10.8. The second-order valence-corrected chi connectivity index (χ2v) is 30.3. The molecular formula is C72H140O17P2. The molecule has 0 spiro atoms. The summed E-state index contributed by atoms with van der Waals surface area (Å²) in [5, 5.41) is 10.6. The minimum absolute atomic E-state index is 0.104. The van der Waals surface area contributed by atoms with Crippen LogP contribution < -0.4 is 0 Å². The van der Waals surface area contributed by atoms with Crippen LogP contribution in [0.4, 0.5) is 0 Å². The zero-order valence-corrected chi connectivity index (χ0v) is 61.3. The van der Waals surface area contributed by atoms with Crippen LogP contribution in [0, 0.1) is 23.7 Å². The van der Waals surface area contributed by atoms with Gasteiger partial charge in [-0.15, -0.1) is 0 Å². The van der Waals surface area contributed by atoms with Crippen molar-refractivity contribution in [2.45, 2.75) is 375 Å². The first-order valence-corrected chi connectivity index (χ1v) is 40.3. The molecule has 19 heteroatoms. The van der Waals surface area contributed by atoms with Crippen LogP contribution >= 0.6 is 15.6 Å². The summed E-state index contributed by atoms with van der Waals surface area (Å²) in [6, 6.07) is 0. The Morgan fingerprint density at radius 3 is 0.780 bits per heavy atom. The molecule has 0 aromatic heterocycles. The minimum atomic E-state index is -4.95. The number of phosphoric ester groups is 2. The average Bonchev–Trinajstić information content (AvgIpc) is 3.73. The van der Waals surface area contributed by atoms with Crippen LogP contribution in [0.2, 0.25) is 0 Å². The molecule has 0 heterocycles. The van der Waals surface area contributed by atoms with E-state index < -0.39 is 97.5 Å². The molecule has 0 aromatic carbocycles. The van der Waals surface area contributed by atoms with Crippen molar-refractivity contribution in [3.8, 4) is 0 Å². The van der Waals surface area contributed by atoms with Gasteiger partial charge in [0.15, 0.2) is 12.2 Å². The van der Waals surface area contributed by atoms with Crippen LogP contribution in [0.25, 0.3) is 0 Å². The highest BCUT2D eigenvalue weighted by molar-refractivity contribution is 7.47. The number of ether oxygens (including phenoxy) is 4. The standard InChI is InChI=1S/C72H140O17P2/c1-9-64(7)50-42-34-25-20-22-27-36-44-52-69(74)82-58-67(89-72(77)55-47-39-29-23-21-26-35-43-51-65(8)10-2)60-86-90(78,79)84-56-66(73)57-85-91(80,81)87-61-68(59-83-70(75)53-45-37-31-30-33-41-49-63(5)6)88-71(76)54-46-38-28-19-17-15-13-11-12-14-16-18-24-32-40-48-62(3)4/h62-68,73H,9-61H2,1-8H3,(H,78,79)(H,80,81)/t64?,65?,66?,67-,68-/m1/s1. The Morgan fingerprint density at radius 2 is 0.527 bits per heavy atom. The van der Waals surface area contributed by atoms with Gasteiger partial charge in [-0.1, -0.05) is 306 Å². The average molecular weight is 1340 g/mol. The van der Waals surface area contributed by atoms with E-state index in [1.54, 1.807) is 0 Å². The molecule has 0 saturated carbocycles. The summed E-state index contributed by atoms with van der Waals surface area (Å²) in [7, 11) is -9.91. The number of rotatable bonds is 69. The maximum absolute atomic E-state index is 13.0. The van der Waals surface area contributed by atoms with Crippen molar-refractivity contribution in [2.24, 2.45) is 23.7 Å². The predicted octanol–water partition coefficient (Wildman–Crippen LogP) is 20.5. The fraction of sp³-hybridized carbons (Fsp3) is 0.944. The van der Waals surface area contributed by atoms with Gasteiger partial charge in [-0.25, -0.2) is 9.13 Å². The van der Waals surface area contributed by atoms with Crippen molar-refractivity contribution in [3.63, 3.8) is 0 Å². The smallest absolute Gasteiger partial charge is 0.462 e. The molecule has 540 valence electrons. The number of hydrogen-bond acceptors (Lipinski definition) is 15. The molecule has 7 atom stereocenters. The number of phosphoric acid groups is 2. The van der Waals surface area contributed by atoms with Gasteiger partial charge in [0.25, 0.3) is 0 Å². The van der Waals surface area contributed by atoms with Gasteiger partial charge in [0.1, 0.15) is 19.3 Å². The summed E-state index contributed by atoms with van der Waals surface area (Å²) < 4.78 is 68.3. The number of aliphatic hydroxyl groups excluding tert-OH is 1. The SMILES string of the molecule is CCC(C)CCCCCCCCCCC(=O)OC[C@H](COP(=O)(O)OCC(O)COP(=O)(O)OC[C@@H](COC(=O)CCCCCCCCC(C)C)OC(=O)CCCCCCCCCCCCCCCCCC(C)C)OC(=O)CCCCCCCCCCC(C)CC. The zero-order valence-electron chi connectivity index (χ0n) is 59.5. The molecule has 0 amide bonds. The van der Waals surface area contributed by atoms with Gasteiger partial charge in [0.05, 0.1) is 26.4 Å². The van der Waals surface area contributed by atoms with E-state index in [1.165, 1.54) is 154 Å². The van der Waals surface area contributed by atoms with E-state index in [0.29, 0.717) is 31.6 Å². The van der Waals surface area contributed by atoms with Crippen LogP contribution in [0.15, 0.2) is 0 Å². The molecule has 0 saturated heterocycles. The number of esters is 4. The maximum Gasteiger partial charge on any atom is 0.472 e. The van der Waals surface area contributed by atoms with Crippen LogP contribution in [0.1, 0.15) is 357 Å². The van der Waals surface area contributed by atoms with E-state index in [2.05, 4.69) is 55.4 Å². The summed E-state index contributed by atoms with van der Waals surface area (Å²) in [6.45, 7) is 14.1. The van der Waals surface area contributed by atoms with E-state index in [4.69, 9.17) is 37.0 Å². The molecule has 91 heavy (non-hydrogen) atoms. The minimum Gasteiger partial charge on any atom is -0.462 e. The van der Waals surface area contributed by atoms with E-state index in [1.807, 2.05) is 0 Å². The highest BCUT2D eigenvalue weighted by Crippen LogP contribution is 2.45. The zero-order chi connectivity index (χ0) is 67.5. The van der Waals surface area contributed by atoms with Crippen molar-refractivity contribution in [2.75, 3.05) is 39.6 Å². The van der Waals surface area contributed by atoms with Crippen molar-refractivity contribution in [1.82, 2.24) is 0 Å². The first-order chi connectivity index (χ1) is 43.7. The third-order valence-electron chi connectivity index (χ3n) is 17.3. The van der Waals surface area contributed by atoms with Gasteiger partial charge < -0.3 is 33.8 Å². The van der Waals surface area contributed by atoms with Gasteiger partial charge in [-0.05, 0) is 49.4 Å². The summed E-state index contributed by atoms with van der Waals surface area (Å²) in [4.78, 5) is 72.6. The highest BCUT2D eigenvalue weighted by atomic mass is 31.2. The van der Waals surface area contributed by atoms with E-state index in [9.17, 15) is 43.2 Å². The lowest BCUT2D eigenvalue weighted by molar-refractivity contribution is -0.161. The molecule has 0 fully saturated rings. The van der Waals surface area contributed by atoms with Crippen molar-refractivity contribution >= 4 is 39.5 Å². The van der Waals surface area contributed by atoms with Crippen LogP contribution in [0.3, 0.4) is 0 Å². The molecular weight excluding hydrogens is 1200 g/mol. The molecule has 3 N–H and O–H groups in total. The largest absolute Gasteiger partial charge is 0.472 e. The quantitative estimate of drug-likeness (QED) is 0.0222. The number of carbonyl (C=O) groups is 4. The highest BCUT2D eigenvalue weighted by Gasteiger charge is 2.30. The van der Waals surface area contributed by atoms with Gasteiger partial charge in [-0.2, -0.15) is 0 Å². The van der Waals surface area contributed by atoms with Crippen molar-refractivity contribution in [3.05, 3.63) is 0 Å². The molecule has 17 nitrogen and oxygen atoms in total. The number of unbranched alkanes of at least 4 members (excludes halogenated alkanes) is 33. The van der Waals surface area contributed by atoms with Crippen LogP contribution in [-0.4, -0.2) is 96.7 Å². The Balaban J connectivity index is 5.22. The Labute approximate surface area is 556 Å². The second kappa shape index (κ2) is 61.6. The summed E-state index contributed by atoms with van der Waals surface area (Å²) in [6.07, 6.45) is 44.5. The van der Waals surface area contributed by atoms with Gasteiger partial charge >= 0.3 is 39.5 Å². The lowest BCUT2D eigenvalue weighted by Crippen LogP contribution is -2.30. The van der Waals surface area contributed by atoms with Gasteiger partial charge in [0, 0.05) is 25.7 Å². The maximum atomic E-state index is 13.0. The van der Waals surface area contributed by atoms with Gasteiger partial charge in [-0.3, -0.25) is 37.3 Å². The van der Waals surface area contributed by atoms with E-state index in [-0.39, 0.29) is 25.7 Å². The first kappa shape index (κ1) is 89.1. The third-order valence-corrected chi connectivity index (χ3v) is 19.2. The molecule has 0 bridgehead atoms. The normalized spacial score (nSPS) is 14.8. The first-order valence-electron chi connectivity index (χ1n) is 37.3. The van der Waals surface area contributed by atoms with Crippen molar-refractivity contribution in [1.29, 1.82) is 0 Å². The number of aliphatic hydroxyl groups is 1. The predicted molar refractivity (Wildman–Crippen MR) is 367 cm³/mol. The van der Waals surface area contributed by atoms with Crippen LogP contribution in [-0.2, 0) is 65.4 Å². The Hall–Kier alpha value is -1.94. The molecule has 0 aromatic rings. The lowest BCUT2D eigenvalue weighted by Gasteiger charge is -2.21. The molecule has 0 aliphatic carbocycles. The molecule has 0 rings (SSSR count). The number of hydrogen-bond donors (Lipinski definition) is 3. The topological polar surface area (TPSA) is 237 Å². The molecule has 0 aliphatic rings. The lowest BCUT2D eigenvalue weighted by atomic mass is 9.99. The van der Waals surface area contributed by atoms with Gasteiger partial charge in [0.2, 0.25) is 0 Å². The summed E-state index contributed by atoms with van der Waals surface area (Å²) in [5.74, 6) is 0.899. The Morgan fingerprint density at radius 1 is 0.308 bits per heavy atom. The van der Waals surface area contributed by atoms with E-state index in [0.717, 1.165) is 114 Å². The Bertz CT molecular complexity index is 1800. The van der Waals surface area contributed by atoms with E-state index >= 15 is 0 Å². The summed E-state index contributed by atoms with van der Waals surface area (Å²) >= 11 is 0. The Kier molecular flexibility index (Phi) is 60.3.